The van der Waals surface area contributed by atoms with Crippen LogP contribution < -0.4 is 5.56 Å². The van der Waals surface area contributed by atoms with E-state index < -0.39 is 0 Å². The summed E-state index contributed by atoms with van der Waals surface area (Å²) in [5.41, 5.74) is 2.61. The average molecular weight is 252 g/mol. The molecule has 1 N–H and O–H groups in total. The monoisotopic (exact) mass is 252 g/mol. The molecule has 19 heavy (non-hydrogen) atoms. The van der Waals surface area contributed by atoms with E-state index in [-0.39, 0.29) is 11.5 Å². The van der Waals surface area contributed by atoms with Gasteiger partial charge in [0.25, 0.3) is 5.56 Å². The standard InChI is InChI=1S/C14H12N4O/c1-8(2)11-7-13(19)18-12-6-9(15-3)4-5-10(12)16-14(18)17-11/h4-8H,1-2H3,(H,16,17). The van der Waals surface area contributed by atoms with Gasteiger partial charge in [0.1, 0.15) is 0 Å². The van der Waals surface area contributed by atoms with Crippen LogP contribution in [0.25, 0.3) is 21.7 Å². The Morgan fingerprint density at radius 3 is 2.84 bits per heavy atom. The molecule has 0 atom stereocenters. The van der Waals surface area contributed by atoms with Crippen molar-refractivity contribution in [3.63, 3.8) is 0 Å². The van der Waals surface area contributed by atoms with Gasteiger partial charge >= 0.3 is 0 Å². The van der Waals surface area contributed by atoms with E-state index in [1.165, 1.54) is 4.40 Å². The maximum atomic E-state index is 12.2. The molecule has 0 aliphatic rings. The Morgan fingerprint density at radius 2 is 2.16 bits per heavy atom. The molecule has 3 aromatic rings. The molecule has 0 saturated heterocycles. The van der Waals surface area contributed by atoms with E-state index >= 15 is 0 Å². The first-order chi connectivity index (χ1) is 9.10. The zero-order valence-corrected chi connectivity index (χ0v) is 10.6. The number of imidazole rings is 1. The summed E-state index contributed by atoms with van der Waals surface area (Å²) in [5.74, 6) is 0.754. The van der Waals surface area contributed by atoms with Gasteiger partial charge in [0.2, 0.25) is 5.78 Å². The van der Waals surface area contributed by atoms with Crippen molar-refractivity contribution in [2.24, 2.45) is 0 Å². The minimum Gasteiger partial charge on any atom is -0.328 e. The molecule has 94 valence electrons. The van der Waals surface area contributed by atoms with E-state index in [0.717, 1.165) is 5.69 Å². The van der Waals surface area contributed by atoms with Crippen molar-refractivity contribution in [3.8, 4) is 0 Å². The van der Waals surface area contributed by atoms with Crippen molar-refractivity contribution >= 4 is 22.5 Å². The molecule has 0 saturated carbocycles. The third-order valence-corrected chi connectivity index (χ3v) is 3.14. The van der Waals surface area contributed by atoms with Gasteiger partial charge in [-0.05, 0) is 18.1 Å². The Bertz CT molecular complexity index is 880. The second kappa shape index (κ2) is 3.95. The Hall–Kier alpha value is -2.61. The van der Waals surface area contributed by atoms with Crippen LogP contribution in [0.15, 0.2) is 29.1 Å². The van der Waals surface area contributed by atoms with E-state index in [9.17, 15) is 4.79 Å². The Balaban J connectivity index is 2.45. The Labute approximate surface area is 109 Å². The lowest BCUT2D eigenvalue weighted by molar-refractivity contribution is 0.812. The average Bonchev–Trinajstić information content (AvgIpc) is 2.76. The van der Waals surface area contributed by atoms with Crippen molar-refractivity contribution < 1.29 is 0 Å². The fraction of sp³-hybridized carbons (Fsp3) is 0.214. The molecule has 0 radical (unpaired) electrons. The van der Waals surface area contributed by atoms with E-state index in [1.807, 2.05) is 13.8 Å². The van der Waals surface area contributed by atoms with Crippen molar-refractivity contribution in [1.82, 2.24) is 14.4 Å². The number of nitrogens with zero attached hydrogens (tertiary/aromatic N) is 3. The van der Waals surface area contributed by atoms with Gasteiger partial charge in [-0.15, -0.1) is 0 Å². The van der Waals surface area contributed by atoms with Crippen LogP contribution in [-0.4, -0.2) is 14.4 Å². The van der Waals surface area contributed by atoms with Crippen molar-refractivity contribution in [1.29, 1.82) is 0 Å². The van der Waals surface area contributed by atoms with Crippen LogP contribution in [0.4, 0.5) is 5.69 Å². The molecule has 0 unspecified atom stereocenters. The van der Waals surface area contributed by atoms with Crippen LogP contribution >= 0.6 is 0 Å². The number of nitrogens with one attached hydrogen (secondary N) is 1. The van der Waals surface area contributed by atoms with Gasteiger partial charge in [0.15, 0.2) is 5.69 Å². The van der Waals surface area contributed by atoms with Gasteiger partial charge < -0.3 is 4.98 Å². The summed E-state index contributed by atoms with van der Waals surface area (Å²) < 4.78 is 1.51. The zero-order chi connectivity index (χ0) is 13.6. The summed E-state index contributed by atoms with van der Waals surface area (Å²) in [6.07, 6.45) is 0. The maximum Gasteiger partial charge on any atom is 0.259 e. The lowest BCUT2D eigenvalue weighted by Gasteiger charge is -2.05. The van der Waals surface area contributed by atoms with Crippen molar-refractivity contribution in [3.05, 3.63) is 51.7 Å². The summed E-state index contributed by atoms with van der Waals surface area (Å²) in [6, 6.07) is 6.74. The van der Waals surface area contributed by atoms with E-state index in [4.69, 9.17) is 6.57 Å². The first-order valence-electron chi connectivity index (χ1n) is 6.03. The van der Waals surface area contributed by atoms with Crippen LogP contribution in [0.5, 0.6) is 0 Å². The molecule has 3 rings (SSSR count). The number of H-pyrrole nitrogens is 1. The molecule has 0 aliphatic carbocycles. The van der Waals surface area contributed by atoms with Crippen LogP contribution in [0.3, 0.4) is 0 Å². The predicted octanol–water partition coefficient (Wildman–Crippen LogP) is 2.85. The van der Waals surface area contributed by atoms with Crippen LogP contribution in [0.1, 0.15) is 25.5 Å². The van der Waals surface area contributed by atoms with Crippen LogP contribution in [0.2, 0.25) is 0 Å². The Kier molecular flexibility index (Phi) is 2.39. The van der Waals surface area contributed by atoms with Gasteiger partial charge in [-0.3, -0.25) is 4.79 Å². The summed E-state index contributed by atoms with van der Waals surface area (Å²) in [4.78, 5) is 23.2. The second-order valence-electron chi connectivity index (χ2n) is 4.77. The number of hydrogen-bond acceptors (Lipinski definition) is 2. The molecule has 0 aliphatic heterocycles. The molecule has 0 bridgehead atoms. The number of aromatic amines is 1. The molecule has 1 aromatic carbocycles. The van der Waals surface area contributed by atoms with E-state index in [1.54, 1.807) is 24.3 Å². The minimum absolute atomic E-state index is 0.123. The van der Waals surface area contributed by atoms with Gasteiger partial charge in [-0.2, -0.15) is 0 Å². The zero-order valence-electron chi connectivity index (χ0n) is 10.6. The fourth-order valence-corrected chi connectivity index (χ4v) is 2.11. The molecule has 0 spiro atoms. The summed E-state index contributed by atoms with van der Waals surface area (Å²) in [5, 5.41) is 0. The molecule has 2 aromatic heterocycles. The lowest BCUT2D eigenvalue weighted by atomic mass is 10.1. The Morgan fingerprint density at radius 1 is 1.37 bits per heavy atom. The highest BCUT2D eigenvalue weighted by Crippen LogP contribution is 2.21. The molecular formula is C14H12N4O. The summed E-state index contributed by atoms with van der Waals surface area (Å²) in [6.45, 7) is 11.1. The predicted molar refractivity (Wildman–Crippen MR) is 73.7 cm³/mol. The highest BCUT2D eigenvalue weighted by molar-refractivity contribution is 5.83. The van der Waals surface area contributed by atoms with Gasteiger partial charge in [0, 0.05) is 11.8 Å². The van der Waals surface area contributed by atoms with Gasteiger partial charge in [-0.25, -0.2) is 14.2 Å². The number of benzene rings is 1. The summed E-state index contributed by atoms with van der Waals surface area (Å²) >= 11 is 0. The lowest BCUT2D eigenvalue weighted by Crippen LogP contribution is -2.14. The number of hydrogen-bond donors (Lipinski definition) is 1. The molecule has 5 heteroatoms. The fourth-order valence-electron chi connectivity index (χ4n) is 2.11. The van der Waals surface area contributed by atoms with Gasteiger partial charge in [-0.1, -0.05) is 19.9 Å². The quantitative estimate of drug-likeness (QED) is 0.677. The largest absolute Gasteiger partial charge is 0.328 e. The SMILES string of the molecule is [C-]#[N+]c1ccc2nc3[nH]c(C(C)C)cc(=O)n3c2c1. The molecule has 0 amide bonds. The summed E-state index contributed by atoms with van der Waals surface area (Å²) in [7, 11) is 0. The third-order valence-electron chi connectivity index (χ3n) is 3.14. The highest BCUT2D eigenvalue weighted by Gasteiger charge is 2.10. The first kappa shape index (κ1) is 11.5. The van der Waals surface area contributed by atoms with Gasteiger partial charge in [0.05, 0.1) is 17.6 Å². The molecule has 5 nitrogen and oxygen atoms in total. The van der Waals surface area contributed by atoms with Crippen LogP contribution in [-0.2, 0) is 0 Å². The number of aromatic nitrogens is 3. The third kappa shape index (κ3) is 1.69. The number of rotatable bonds is 1. The highest BCUT2D eigenvalue weighted by atomic mass is 16.1. The molecule has 0 fully saturated rings. The van der Waals surface area contributed by atoms with E-state index in [0.29, 0.717) is 22.5 Å². The van der Waals surface area contributed by atoms with Crippen LogP contribution in [0, 0.1) is 6.57 Å². The van der Waals surface area contributed by atoms with E-state index in [2.05, 4.69) is 14.8 Å². The van der Waals surface area contributed by atoms with Crippen molar-refractivity contribution in [2.75, 3.05) is 0 Å². The van der Waals surface area contributed by atoms with Crippen molar-refractivity contribution in [2.45, 2.75) is 19.8 Å². The smallest absolute Gasteiger partial charge is 0.259 e. The normalized spacial score (nSPS) is 11.3. The molecular weight excluding hydrogens is 240 g/mol. The maximum absolute atomic E-state index is 12.2. The number of fused-ring (bicyclic) bond motifs is 3. The minimum atomic E-state index is -0.123. The first-order valence-corrected chi connectivity index (χ1v) is 6.03. The second-order valence-corrected chi connectivity index (χ2v) is 4.77. The topological polar surface area (TPSA) is 54.5 Å². The molecule has 2 heterocycles.